The van der Waals surface area contributed by atoms with Crippen molar-refractivity contribution in [2.45, 2.75) is 12.8 Å². The van der Waals surface area contributed by atoms with E-state index in [4.69, 9.17) is 0 Å². The molecule has 2 heterocycles. The number of aromatic nitrogens is 2. The van der Waals surface area contributed by atoms with Gasteiger partial charge in [-0.3, -0.25) is 0 Å². The third-order valence-electron chi connectivity index (χ3n) is 11.6. The Balaban J connectivity index is 1.12. The standard InChI is InChI=1S/C54H38N2/c1-4-15-37(16-5-1)40-27-30-44(31-28-40)56-52-26-13-10-21-47(52)49-24-14-23-46(54(49)56)41-29-32-53-50(36-41)48-22-11-12-25-51(48)55(53)45-34-42(38-17-6-2-7-18-38)33-43(35-45)39-19-8-3-9-20-39/h1-4,6-15,17-36H,5,16H2. The molecule has 0 atom stereocenters. The predicted octanol–water partition coefficient (Wildman–Crippen LogP) is 14.6. The summed E-state index contributed by atoms with van der Waals surface area (Å²) in [5.74, 6) is 0. The molecule has 2 nitrogen and oxygen atoms in total. The number of benzene rings is 8. The Morgan fingerprint density at radius 3 is 1.62 bits per heavy atom. The highest BCUT2D eigenvalue weighted by molar-refractivity contribution is 6.15. The molecule has 1 aliphatic carbocycles. The summed E-state index contributed by atoms with van der Waals surface area (Å²) in [6, 6.07) is 69.1. The van der Waals surface area contributed by atoms with E-state index in [1.54, 1.807) is 0 Å². The Morgan fingerprint density at radius 1 is 0.357 bits per heavy atom. The highest BCUT2D eigenvalue weighted by Crippen LogP contribution is 2.42. The summed E-state index contributed by atoms with van der Waals surface area (Å²) in [6.45, 7) is 0. The Bertz CT molecular complexity index is 3100. The highest BCUT2D eigenvalue weighted by Gasteiger charge is 2.19. The molecule has 0 amide bonds. The van der Waals surface area contributed by atoms with Crippen molar-refractivity contribution in [1.29, 1.82) is 0 Å². The third-order valence-corrected chi connectivity index (χ3v) is 11.6. The molecule has 0 fully saturated rings. The number of allylic oxidation sites excluding steroid dienone is 4. The third kappa shape index (κ3) is 5.33. The first kappa shape index (κ1) is 32.3. The molecular weight excluding hydrogens is 677 g/mol. The zero-order chi connectivity index (χ0) is 37.0. The maximum atomic E-state index is 2.46. The fourth-order valence-electron chi connectivity index (χ4n) is 8.94. The van der Waals surface area contributed by atoms with Gasteiger partial charge in [0, 0.05) is 38.5 Å². The molecule has 0 unspecified atom stereocenters. The fraction of sp³-hybridized carbons (Fsp3) is 0.0370. The molecule has 8 aromatic carbocycles. The molecule has 0 N–H and O–H groups in total. The Labute approximate surface area is 326 Å². The lowest BCUT2D eigenvalue weighted by atomic mass is 9.97. The summed E-state index contributed by atoms with van der Waals surface area (Å²) in [7, 11) is 0. The van der Waals surface area contributed by atoms with Crippen LogP contribution in [0.3, 0.4) is 0 Å². The van der Waals surface area contributed by atoms with Gasteiger partial charge in [-0.1, -0.05) is 152 Å². The van der Waals surface area contributed by atoms with E-state index in [1.807, 2.05) is 0 Å². The van der Waals surface area contributed by atoms with Crippen molar-refractivity contribution in [2.24, 2.45) is 0 Å². The minimum absolute atomic E-state index is 1.08. The van der Waals surface area contributed by atoms with E-state index in [0.29, 0.717) is 0 Å². The summed E-state index contributed by atoms with van der Waals surface area (Å²) in [5.41, 5.74) is 17.1. The normalized spacial score (nSPS) is 12.9. The first-order valence-electron chi connectivity index (χ1n) is 19.6. The lowest BCUT2D eigenvalue weighted by Gasteiger charge is -2.15. The average Bonchev–Trinajstić information content (AvgIpc) is 3.80. The molecule has 0 bridgehead atoms. The second-order valence-corrected chi connectivity index (χ2v) is 14.8. The van der Waals surface area contributed by atoms with Crippen molar-refractivity contribution in [2.75, 3.05) is 0 Å². The van der Waals surface area contributed by atoms with Crippen molar-refractivity contribution in [1.82, 2.24) is 9.13 Å². The molecule has 0 radical (unpaired) electrons. The van der Waals surface area contributed by atoms with Gasteiger partial charge in [0.25, 0.3) is 0 Å². The van der Waals surface area contributed by atoms with Gasteiger partial charge in [-0.25, -0.2) is 0 Å². The van der Waals surface area contributed by atoms with E-state index in [1.165, 1.54) is 93.8 Å². The summed E-state index contributed by atoms with van der Waals surface area (Å²) in [6.07, 6.45) is 8.87. The molecule has 10 aromatic rings. The molecule has 0 spiro atoms. The van der Waals surface area contributed by atoms with Crippen LogP contribution in [0.4, 0.5) is 0 Å². The molecule has 0 saturated carbocycles. The van der Waals surface area contributed by atoms with E-state index in [2.05, 4.69) is 215 Å². The van der Waals surface area contributed by atoms with Gasteiger partial charge < -0.3 is 9.13 Å². The second-order valence-electron chi connectivity index (χ2n) is 14.8. The van der Waals surface area contributed by atoms with Crippen LogP contribution < -0.4 is 0 Å². The zero-order valence-corrected chi connectivity index (χ0v) is 30.9. The van der Waals surface area contributed by atoms with Crippen LogP contribution in [0.1, 0.15) is 18.4 Å². The molecule has 0 saturated heterocycles. The van der Waals surface area contributed by atoms with Crippen LogP contribution >= 0.6 is 0 Å². The maximum absolute atomic E-state index is 2.46. The van der Waals surface area contributed by atoms with Crippen molar-refractivity contribution < 1.29 is 0 Å². The number of hydrogen-bond donors (Lipinski definition) is 0. The van der Waals surface area contributed by atoms with E-state index < -0.39 is 0 Å². The lowest BCUT2D eigenvalue weighted by molar-refractivity contribution is 1.05. The van der Waals surface area contributed by atoms with Crippen LogP contribution in [-0.4, -0.2) is 9.13 Å². The van der Waals surface area contributed by atoms with E-state index in [-0.39, 0.29) is 0 Å². The summed E-state index contributed by atoms with van der Waals surface area (Å²) >= 11 is 0. The molecule has 11 rings (SSSR count). The first-order chi connectivity index (χ1) is 27.8. The van der Waals surface area contributed by atoms with Crippen LogP contribution in [0, 0.1) is 0 Å². The largest absolute Gasteiger partial charge is 0.309 e. The monoisotopic (exact) mass is 714 g/mol. The lowest BCUT2D eigenvalue weighted by Crippen LogP contribution is -1.97. The van der Waals surface area contributed by atoms with E-state index in [9.17, 15) is 0 Å². The van der Waals surface area contributed by atoms with Crippen LogP contribution in [0.25, 0.3) is 93.9 Å². The van der Waals surface area contributed by atoms with Gasteiger partial charge in [0.05, 0.1) is 22.1 Å². The first-order valence-corrected chi connectivity index (χ1v) is 19.6. The van der Waals surface area contributed by atoms with Crippen LogP contribution in [0.15, 0.2) is 206 Å². The number of hydrogen-bond acceptors (Lipinski definition) is 0. The number of nitrogens with zero attached hydrogens (tertiary/aromatic N) is 2. The molecule has 56 heavy (non-hydrogen) atoms. The number of rotatable bonds is 6. The quantitative estimate of drug-likeness (QED) is 0.162. The van der Waals surface area contributed by atoms with Gasteiger partial charge in [-0.15, -0.1) is 0 Å². The Hall–Kier alpha value is -7.16. The topological polar surface area (TPSA) is 9.86 Å². The fourth-order valence-corrected chi connectivity index (χ4v) is 8.94. The molecule has 2 aromatic heterocycles. The minimum Gasteiger partial charge on any atom is -0.309 e. The second kappa shape index (κ2) is 13.3. The molecular formula is C54H38N2. The maximum Gasteiger partial charge on any atom is 0.0619 e. The van der Waals surface area contributed by atoms with E-state index >= 15 is 0 Å². The molecule has 0 aliphatic heterocycles. The summed E-state index contributed by atoms with van der Waals surface area (Å²) in [5, 5.41) is 5.00. The SMILES string of the molecule is C1=CCCC(c2ccc(-n3c4ccccc4c4cccc(-c5ccc6c(c5)c5ccccc5n6-c5cc(-c6ccccc6)cc(-c6ccccc6)c5)c43)cc2)=C1. The number of para-hydroxylation sites is 3. The van der Waals surface area contributed by atoms with Crippen LogP contribution in [0.5, 0.6) is 0 Å². The number of fused-ring (bicyclic) bond motifs is 6. The van der Waals surface area contributed by atoms with Crippen molar-refractivity contribution >= 4 is 49.2 Å². The van der Waals surface area contributed by atoms with E-state index in [0.717, 1.165) is 18.5 Å². The zero-order valence-electron chi connectivity index (χ0n) is 30.9. The van der Waals surface area contributed by atoms with Crippen molar-refractivity contribution in [3.8, 4) is 44.8 Å². The smallest absolute Gasteiger partial charge is 0.0619 e. The molecule has 1 aliphatic rings. The summed E-state index contributed by atoms with van der Waals surface area (Å²) in [4.78, 5) is 0. The molecule has 264 valence electrons. The van der Waals surface area contributed by atoms with Crippen molar-refractivity contribution in [3.63, 3.8) is 0 Å². The average molecular weight is 715 g/mol. The Kier molecular flexibility index (Phi) is 7.67. The van der Waals surface area contributed by atoms with Crippen LogP contribution in [0.2, 0.25) is 0 Å². The van der Waals surface area contributed by atoms with Crippen molar-refractivity contribution in [3.05, 3.63) is 212 Å². The minimum atomic E-state index is 1.08. The highest BCUT2D eigenvalue weighted by atomic mass is 15.0. The van der Waals surface area contributed by atoms with Gasteiger partial charge in [-0.2, -0.15) is 0 Å². The van der Waals surface area contributed by atoms with Crippen LogP contribution in [-0.2, 0) is 0 Å². The van der Waals surface area contributed by atoms with Gasteiger partial charge in [-0.05, 0) is 106 Å². The van der Waals surface area contributed by atoms with Gasteiger partial charge in [0.2, 0.25) is 0 Å². The summed E-state index contributed by atoms with van der Waals surface area (Å²) < 4.78 is 4.91. The predicted molar refractivity (Wildman–Crippen MR) is 238 cm³/mol. The van der Waals surface area contributed by atoms with Gasteiger partial charge in [0.1, 0.15) is 0 Å². The van der Waals surface area contributed by atoms with Gasteiger partial charge in [0.15, 0.2) is 0 Å². The van der Waals surface area contributed by atoms with Gasteiger partial charge >= 0.3 is 0 Å². The molecule has 2 heteroatoms. The Morgan fingerprint density at radius 2 is 0.946 bits per heavy atom.